The zero-order valence-electron chi connectivity index (χ0n) is 26.0. The van der Waals surface area contributed by atoms with Crippen molar-refractivity contribution < 1.29 is 9.15 Å². The Morgan fingerprint density at radius 1 is 0.750 bits per heavy atom. The normalized spacial score (nSPS) is 12.2. The van der Waals surface area contributed by atoms with Crippen LogP contribution in [0.25, 0.3) is 43.9 Å². The van der Waals surface area contributed by atoms with E-state index in [9.17, 15) is 4.79 Å². The molecular weight excluding hydrogens is 544 g/mol. The smallest absolute Gasteiger partial charge is 0.344 e. The van der Waals surface area contributed by atoms with Crippen molar-refractivity contribution >= 4 is 32.8 Å². The molecule has 0 saturated carbocycles. The van der Waals surface area contributed by atoms with Gasteiger partial charge in [-0.1, -0.05) is 75.4 Å². The van der Waals surface area contributed by atoms with E-state index in [1.165, 1.54) is 21.9 Å². The number of aromatic nitrogens is 2. The second kappa shape index (κ2) is 10.3. The number of benzene rings is 4. The molecular formula is C39H36N2O3. The lowest BCUT2D eigenvalue weighted by Gasteiger charge is -2.25. The van der Waals surface area contributed by atoms with E-state index in [2.05, 4.69) is 105 Å². The van der Waals surface area contributed by atoms with Crippen LogP contribution < -0.4 is 10.4 Å². The van der Waals surface area contributed by atoms with E-state index < -0.39 is 0 Å². The number of rotatable bonds is 5. The van der Waals surface area contributed by atoms with E-state index >= 15 is 0 Å². The molecule has 0 fully saturated rings. The minimum atomic E-state index is -0.350. The van der Waals surface area contributed by atoms with E-state index in [0.717, 1.165) is 50.2 Å². The summed E-state index contributed by atoms with van der Waals surface area (Å²) in [5.74, 6) is 0.659. The monoisotopic (exact) mass is 580 g/mol. The number of nitrogens with one attached hydrogen (secondary N) is 2. The van der Waals surface area contributed by atoms with Crippen molar-refractivity contribution in [1.29, 1.82) is 0 Å². The maximum absolute atomic E-state index is 13.4. The number of hydrogen-bond acceptors (Lipinski definition) is 3. The summed E-state index contributed by atoms with van der Waals surface area (Å²) in [4.78, 5) is 20.7. The quantitative estimate of drug-likeness (QED) is 0.199. The van der Waals surface area contributed by atoms with Crippen molar-refractivity contribution in [3.8, 4) is 16.9 Å². The molecule has 0 aliphatic carbocycles. The highest BCUT2D eigenvalue weighted by Gasteiger charge is 2.30. The average Bonchev–Trinajstić information content (AvgIpc) is 3.52. The van der Waals surface area contributed by atoms with Crippen LogP contribution in [0.1, 0.15) is 60.3 Å². The third-order valence-corrected chi connectivity index (χ3v) is 8.86. The van der Waals surface area contributed by atoms with Crippen LogP contribution in [0.3, 0.4) is 0 Å². The van der Waals surface area contributed by atoms with Gasteiger partial charge in [-0.15, -0.1) is 0 Å². The van der Waals surface area contributed by atoms with Crippen molar-refractivity contribution in [2.75, 3.05) is 7.11 Å². The first kappa shape index (κ1) is 27.8. The van der Waals surface area contributed by atoms with Gasteiger partial charge in [0, 0.05) is 50.1 Å². The van der Waals surface area contributed by atoms with E-state index in [1.807, 2.05) is 30.3 Å². The van der Waals surface area contributed by atoms with Crippen LogP contribution in [0.2, 0.25) is 0 Å². The van der Waals surface area contributed by atoms with Gasteiger partial charge in [-0.3, -0.25) is 0 Å². The van der Waals surface area contributed by atoms with Crippen molar-refractivity contribution in [3.05, 3.63) is 135 Å². The highest BCUT2D eigenvalue weighted by atomic mass is 16.5. The number of ether oxygens (including phenoxy) is 1. The highest BCUT2D eigenvalue weighted by molar-refractivity contribution is 5.92. The zero-order chi connectivity index (χ0) is 30.7. The van der Waals surface area contributed by atoms with Gasteiger partial charge in [0.25, 0.3) is 0 Å². The number of H-pyrrole nitrogens is 2. The molecule has 0 aliphatic heterocycles. The maximum Gasteiger partial charge on any atom is 0.344 e. The fraction of sp³-hybridized carbons (Fsp3) is 0.205. The van der Waals surface area contributed by atoms with E-state index in [4.69, 9.17) is 9.15 Å². The van der Waals surface area contributed by atoms with Crippen molar-refractivity contribution in [3.63, 3.8) is 0 Å². The molecule has 3 aromatic heterocycles. The SMILES string of the molecule is COc1ccc(-c2cc3cc(C(c4c(C)[nH]c5ccccc45)c4c(C)[nH]c5ccccc45)cc(C(C)(C)C)c3oc2=O)cc1. The summed E-state index contributed by atoms with van der Waals surface area (Å²) >= 11 is 0. The topological polar surface area (TPSA) is 71.0 Å². The molecule has 7 rings (SSSR count). The standard InChI is InChI=1S/C39H36N2O3/c1-22-34(28-11-7-9-13-32(28)40-22)36(35-23(2)41-33-14-10-8-12-29(33)35)25-19-26-20-30(24-15-17-27(43-6)18-16-24)38(42)44-37(26)31(21-25)39(3,4)5/h7-21,36,40-41H,1-6H3. The Balaban J connectivity index is 1.57. The van der Waals surface area contributed by atoms with Gasteiger partial charge < -0.3 is 19.1 Å². The largest absolute Gasteiger partial charge is 0.497 e. The third-order valence-electron chi connectivity index (χ3n) is 8.86. The number of para-hydroxylation sites is 2. The Bertz CT molecular complexity index is 2160. The van der Waals surface area contributed by atoms with Crippen molar-refractivity contribution in [2.24, 2.45) is 0 Å². The van der Waals surface area contributed by atoms with Crippen LogP contribution in [0.4, 0.5) is 0 Å². The molecule has 0 unspecified atom stereocenters. The summed E-state index contributed by atoms with van der Waals surface area (Å²) < 4.78 is 11.5. The van der Waals surface area contributed by atoms with Crippen LogP contribution in [-0.4, -0.2) is 17.1 Å². The van der Waals surface area contributed by atoms with Crippen LogP contribution in [-0.2, 0) is 5.41 Å². The minimum absolute atomic E-state index is 0.0795. The van der Waals surface area contributed by atoms with E-state index in [-0.39, 0.29) is 17.0 Å². The summed E-state index contributed by atoms with van der Waals surface area (Å²) in [5, 5.41) is 3.31. The molecule has 220 valence electrons. The lowest BCUT2D eigenvalue weighted by atomic mass is 9.78. The first-order valence-corrected chi connectivity index (χ1v) is 15.0. The molecule has 3 heterocycles. The summed E-state index contributed by atoms with van der Waals surface area (Å²) in [5.41, 5.74) is 10.5. The summed E-state index contributed by atoms with van der Waals surface area (Å²) in [6, 6.07) is 31.1. The van der Waals surface area contributed by atoms with Gasteiger partial charge in [-0.25, -0.2) is 4.79 Å². The van der Waals surface area contributed by atoms with Gasteiger partial charge in [0.2, 0.25) is 0 Å². The van der Waals surface area contributed by atoms with Crippen LogP contribution >= 0.6 is 0 Å². The maximum atomic E-state index is 13.4. The summed E-state index contributed by atoms with van der Waals surface area (Å²) in [6.07, 6.45) is 0. The summed E-state index contributed by atoms with van der Waals surface area (Å²) in [6.45, 7) is 10.8. The first-order valence-electron chi connectivity index (χ1n) is 15.0. The van der Waals surface area contributed by atoms with Gasteiger partial charge >= 0.3 is 5.63 Å². The minimum Gasteiger partial charge on any atom is -0.497 e. The van der Waals surface area contributed by atoms with Crippen LogP contribution in [0.15, 0.2) is 100 Å². The molecule has 7 aromatic rings. The van der Waals surface area contributed by atoms with Gasteiger partial charge in [0.05, 0.1) is 12.7 Å². The molecule has 5 nitrogen and oxygen atoms in total. The second-order valence-electron chi connectivity index (χ2n) is 12.8. The molecule has 2 N–H and O–H groups in total. The van der Waals surface area contributed by atoms with Crippen LogP contribution in [0.5, 0.6) is 5.75 Å². The second-order valence-corrected chi connectivity index (χ2v) is 12.8. The third kappa shape index (κ3) is 4.51. The number of aromatic amines is 2. The van der Waals surface area contributed by atoms with Gasteiger partial charge in [-0.05, 0) is 77.9 Å². The van der Waals surface area contributed by atoms with E-state index in [1.54, 1.807) is 7.11 Å². The molecule has 0 spiro atoms. The molecule has 0 bridgehead atoms. The van der Waals surface area contributed by atoms with Gasteiger partial charge in [0.1, 0.15) is 11.3 Å². The Hall–Kier alpha value is -5.03. The lowest BCUT2D eigenvalue weighted by molar-refractivity contribution is 0.415. The lowest BCUT2D eigenvalue weighted by Crippen LogP contribution is -2.15. The van der Waals surface area contributed by atoms with Gasteiger partial charge in [0.15, 0.2) is 0 Å². The Morgan fingerprint density at radius 3 is 1.86 bits per heavy atom. The van der Waals surface area contributed by atoms with Crippen LogP contribution in [0, 0.1) is 13.8 Å². The molecule has 0 atom stereocenters. The fourth-order valence-corrected chi connectivity index (χ4v) is 6.77. The molecule has 5 heteroatoms. The number of aryl methyl sites for hydroxylation is 2. The van der Waals surface area contributed by atoms with Gasteiger partial charge in [-0.2, -0.15) is 0 Å². The average molecular weight is 581 g/mol. The molecule has 0 aliphatic rings. The van der Waals surface area contributed by atoms with Crippen molar-refractivity contribution in [2.45, 2.75) is 46.0 Å². The predicted molar refractivity (Wildman–Crippen MR) is 180 cm³/mol. The number of fused-ring (bicyclic) bond motifs is 3. The molecule has 4 aromatic carbocycles. The first-order chi connectivity index (χ1) is 21.1. The van der Waals surface area contributed by atoms with Crippen molar-refractivity contribution in [1.82, 2.24) is 9.97 Å². The predicted octanol–water partition coefficient (Wildman–Crippen LogP) is 9.53. The molecule has 0 saturated heterocycles. The Labute approximate surface area is 256 Å². The Kier molecular flexibility index (Phi) is 6.51. The fourth-order valence-electron chi connectivity index (χ4n) is 6.77. The number of methoxy groups -OCH3 is 1. The Morgan fingerprint density at radius 2 is 1.32 bits per heavy atom. The summed E-state index contributed by atoms with van der Waals surface area (Å²) in [7, 11) is 1.64. The highest BCUT2D eigenvalue weighted by Crippen LogP contribution is 2.45. The molecule has 0 amide bonds. The molecule has 0 radical (unpaired) electrons. The zero-order valence-corrected chi connectivity index (χ0v) is 26.0. The molecule has 44 heavy (non-hydrogen) atoms. The van der Waals surface area contributed by atoms with E-state index in [0.29, 0.717) is 11.1 Å². The number of hydrogen-bond donors (Lipinski definition) is 2.